The highest BCUT2D eigenvalue weighted by Gasteiger charge is 2.17. The molecule has 3 rings (SSSR count). The summed E-state index contributed by atoms with van der Waals surface area (Å²) in [6, 6.07) is 7.28. The zero-order valence-corrected chi connectivity index (χ0v) is 10.3. The number of benzene rings is 1. The van der Waals surface area contributed by atoms with Gasteiger partial charge in [-0.1, -0.05) is 13.0 Å². The first-order valence-electron chi connectivity index (χ1n) is 6.55. The molecule has 1 fully saturated rings. The normalized spacial score (nSPS) is 17.7. The summed E-state index contributed by atoms with van der Waals surface area (Å²) in [5.74, 6) is 0. The predicted molar refractivity (Wildman–Crippen MR) is 70.3 cm³/mol. The summed E-state index contributed by atoms with van der Waals surface area (Å²) < 4.78 is 2.22. The average molecular weight is 229 g/mol. The maximum absolute atomic E-state index is 4.58. The van der Waals surface area contributed by atoms with Gasteiger partial charge < -0.3 is 5.32 Å². The lowest BCUT2D eigenvalue weighted by Gasteiger charge is -2.23. The van der Waals surface area contributed by atoms with Crippen LogP contribution >= 0.6 is 0 Å². The van der Waals surface area contributed by atoms with Crippen LogP contribution in [0.5, 0.6) is 0 Å². The molecule has 1 aliphatic rings. The largest absolute Gasteiger partial charge is 0.317 e. The first-order chi connectivity index (χ1) is 8.38. The Morgan fingerprint density at radius 3 is 2.94 bits per heavy atom. The number of nitrogens with one attached hydrogen (secondary N) is 1. The van der Waals surface area contributed by atoms with Gasteiger partial charge in [0.2, 0.25) is 0 Å². The fourth-order valence-electron chi connectivity index (χ4n) is 2.66. The van der Waals surface area contributed by atoms with E-state index in [0.29, 0.717) is 6.04 Å². The average Bonchev–Trinajstić information content (AvgIpc) is 2.82. The van der Waals surface area contributed by atoms with Crippen molar-refractivity contribution in [3.8, 4) is 0 Å². The van der Waals surface area contributed by atoms with Crippen LogP contribution in [0.15, 0.2) is 24.4 Å². The third-order valence-electron chi connectivity index (χ3n) is 3.72. The maximum Gasteiger partial charge on any atom is 0.0685 e. The van der Waals surface area contributed by atoms with E-state index in [0.717, 1.165) is 19.5 Å². The number of rotatable bonds is 2. The lowest BCUT2D eigenvalue weighted by atomic mass is 10.1. The number of nitrogens with zero attached hydrogens (tertiary/aromatic N) is 2. The van der Waals surface area contributed by atoms with E-state index in [-0.39, 0.29) is 0 Å². The molecule has 0 radical (unpaired) electrons. The van der Waals surface area contributed by atoms with Crippen LogP contribution < -0.4 is 5.32 Å². The molecular weight excluding hydrogens is 210 g/mol. The van der Waals surface area contributed by atoms with Gasteiger partial charge in [0.1, 0.15) is 0 Å². The van der Waals surface area contributed by atoms with E-state index in [1.54, 1.807) is 0 Å². The van der Waals surface area contributed by atoms with Gasteiger partial charge in [0.05, 0.1) is 17.8 Å². The molecule has 2 heterocycles. The van der Waals surface area contributed by atoms with Gasteiger partial charge in [0.25, 0.3) is 0 Å². The molecule has 0 unspecified atom stereocenters. The lowest BCUT2D eigenvalue weighted by Crippen LogP contribution is -2.29. The number of hydrogen-bond donors (Lipinski definition) is 1. The predicted octanol–water partition coefficient (Wildman–Crippen LogP) is 2.52. The van der Waals surface area contributed by atoms with Crippen molar-refractivity contribution in [2.75, 3.05) is 13.1 Å². The minimum Gasteiger partial charge on any atom is -0.317 e. The zero-order chi connectivity index (χ0) is 11.7. The number of fused-ring (bicyclic) bond motifs is 1. The van der Waals surface area contributed by atoms with E-state index in [2.05, 4.69) is 40.2 Å². The second kappa shape index (κ2) is 4.49. The molecule has 0 spiro atoms. The molecule has 1 N–H and O–H groups in total. The molecular formula is C14H19N3. The van der Waals surface area contributed by atoms with Gasteiger partial charge >= 0.3 is 0 Å². The zero-order valence-electron chi connectivity index (χ0n) is 10.3. The third-order valence-corrected chi connectivity index (χ3v) is 3.72. The van der Waals surface area contributed by atoms with Crippen LogP contribution in [0.25, 0.3) is 10.9 Å². The molecule has 1 aliphatic heterocycles. The minimum atomic E-state index is 0.571. The summed E-state index contributed by atoms with van der Waals surface area (Å²) in [6.45, 7) is 4.41. The van der Waals surface area contributed by atoms with Crippen molar-refractivity contribution in [3.63, 3.8) is 0 Å². The summed E-state index contributed by atoms with van der Waals surface area (Å²) in [7, 11) is 0. The van der Waals surface area contributed by atoms with Crippen molar-refractivity contribution in [2.24, 2.45) is 0 Å². The van der Waals surface area contributed by atoms with Crippen LogP contribution in [0.1, 0.15) is 31.4 Å². The van der Waals surface area contributed by atoms with Crippen molar-refractivity contribution < 1.29 is 0 Å². The summed E-state index contributed by atoms with van der Waals surface area (Å²) in [5.41, 5.74) is 2.68. The highest BCUT2D eigenvalue weighted by Crippen LogP contribution is 2.24. The van der Waals surface area contributed by atoms with Gasteiger partial charge in [-0.25, -0.2) is 0 Å². The molecule has 0 atom stereocenters. The highest BCUT2D eigenvalue weighted by molar-refractivity contribution is 5.79. The molecule has 3 nitrogen and oxygen atoms in total. The monoisotopic (exact) mass is 229 g/mol. The Bertz CT molecular complexity index is 509. The lowest BCUT2D eigenvalue weighted by molar-refractivity contribution is 0.351. The van der Waals surface area contributed by atoms with Crippen LogP contribution in [-0.2, 0) is 6.42 Å². The van der Waals surface area contributed by atoms with Gasteiger partial charge in [0, 0.05) is 5.39 Å². The summed E-state index contributed by atoms with van der Waals surface area (Å²) in [5, 5.41) is 9.27. The standard InChI is InChI=1S/C14H19N3/c1-2-11-3-4-14-12(9-11)10-16-17(14)13-5-7-15-8-6-13/h3-4,9-10,13,15H,2,5-8H2,1H3. The van der Waals surface area contributed by atoms with Crippen LogP contribution in [0.3, 0.4) is 0 Å². The molecule has 1 saturated heterocycles. The van der Waals surface area contributed by atoms with Crippen molar-refractivity contribution in [1.82, 2.24) is 15.1 Å². The molecule has 3 heteroatoms. The van der Waals surface area contributed by atoms with Crippen molar-refractivity contribution in [2.45, 2.75) is 32.2 Å². The van der Waals surface area contributed by atoms with Gasteiger partial charge in [-0.2, -0.15) is 5.10 Å². The summed E-state index contributed by atoms with van der Waals surface area (Å²) in [6.07, 6.45) is 5.48. The van der Waals surface area contributed by atoms with E-state index in [1.807, 2.05) is 6.20 Å². The Hall–Kier alpha value is -1.35. The summed E-state index contributed by atoms with van der Waals surface area (Å²) >= 11 is 0. The molecule has 0 aliphatic carbocycles. The fraction of sp³-hybridized carbons (Fsp3) is 0.500. The first kappa shape index (κ1) is 10.8. The smallest absolute Gasteiger partial charge is 0.0685 e. The topological polar surface area (TPSA) is 29.9 Å². The SMILES string of the molecule is CCc1ccc2c(cnn2C2CCNCC2)c1. The van der Waals surface area contributed by atoms with Gasteiger partial charge in [-0.05, 0) is 50.0 Å². The highest BCUT2D eigenvalue weighted by atomic mass is 15.3. The second-order valence-electron chi connectivity index (χ2n) is 4.82. The van der Waals surface area contributed by atoms with Crippen LogP contribution in [0, 0.1) is 0 Å². The summed E-state index contributed by atoms with van der Waals surface area (Å²) in [4.78, 5) is 0. The molecule has 0 bridgehead atoms. The maximum atomic E-state index is 4.58. The molecule has 90 valence electrons. The van der Waals surface area contributed by atoms with Crippen molar-refractivity contribution in [3.05, 3.63) is 30.0 Å². The van der Waals surface area contributed by atoms with E-state index in [4.69, 9.17) is 0 Å². The Morgan fingerprint density at radius 2 is 2.18 bits per heavy atom. The first-order valence-corrected chi connectivity index (χ1v) is 6.55. The Morgan fingerprint density at radius 1 is 1.35 bits per heavy atom. The molecule has 1 aromatic heterocycles. The van der Waals surface area contributed by atoms with E-state index < -0.39 is 0 Å². The molecule has 0 amide bonds. The van der Waals surface area contributed by atoms with Crippen LogP contribution in [0.2, 0.25) is 0 Å². The third kappa shape index (κ3) is 1.95. The van der Waals surface area contributed by atoms with Gasteiger partial charge in [-0.3, -0.25) is 4.68 Å². The molecule has 17 heavy (non-hydrogen) atoms. The van der Waals surface area contributed by atoms with Gasteiger partial charge in [0.15, 0.2) is 0 Å². The Labute approximate surface area is 102 Å². The van der Waals surface area contributed by atoms with E-state index in [1.165, 1.54) is 29.3 Å². The second-order valence-corrected chi connectivity index (χ2v) is 4.82. The van der Waals surface area contributed by atoms with Crippen molar-refractivity contribution in [1.29, 1.82) is 0 Å². The molecule has 0 saturated carbocycles. The molecule has 1 aromatic carbocycles. The van der Waals surface area contributed by atoms with E-state index in [9.17, 15) is 0 Å². The van der Waals surface area contributed by atoms with Crippen molar-refractivity contribution >= 4 is 10.9 Å². The fourth-order valence-corrected chi connectivity index (χ4v) is 2.66. The van der Waals surface area contributed by atoms with Crippen LogP contribution in [-0.4, -0.2) is 22.9 Å². The van der Waals surface area contributed by atoms with Crippen LogP contribution in [0.4, 0.5) is 0 Å². The number of aryl methyl sites for hydroxylation is 1. The molecule has 2 aromatic rings. The van der Waals surface area contributed by atoms with E-state index >= 15 is 0 Å². The minimum absolute atomic E-state index is 0.571. The van der Waals surface area contributed by atoms with Gasteiger partial charge in [-0.15, -0.1) is 0 Å². The number of hydrogen-bond acceptors (Lipinski definition) is 2. The number of aromatic nitrogens is 2. The number of piperidine rings is 1. The Kier molecular flexibility index (Phi) is 2.85. The Balaban J connectivity index is 1.99. The quantitative estimate of drug-likeness (QED) is 0.857.